The van der Waals surface area contributed by atoms with Crippen LogP contribution in [0.5, 0.6) is 11.5 Å². The molecule has 3 aromatic rings. The summed E-state index contributed by atoms with van der Waals surface area (Å²) >= 11 is 1.31. The molecule has 0 bridgehead atoms. The van der Waals surface area contributed by atoms with Crippen molar-refractivity contribution in [3.63, 3.8) is 0 Å². The molecule has 0 unspecified atom stereocenters. The highest BCUT2D eigenvalue weighted by Gasteiger charge is 2.28. The zero-order valence-electron chi connectivity index (χ0n) is 19.7. The number of hydrogen-bond acceptors (Lipinski definition) is 7. The molecular formula is C26H27N3O5S. The molecule has 0 spiro atoms. The normalized spacial score (nSPS) is 12.6. The van der Waals surface area contributed by atoms with E-state index < -0.39 is 0 Å². The van der Waals surface area contributed by atoms with Crippen LogP contribution in [-0.4, -0.2) is 42.3 Å². The Kier molecular flexibility index (Phi) is 7.77. The first kappa shape index (κ1) is 24.4. The Balaban J connectivity index is 1.48. The fourth-order valence-corrected chi connectivity index (χ4v) is 4.35. The van der Waals surface area contributed by atoms with Crippen molar-refractivity contribution in [2.45, 2.75) is 33.2 Å². The van der Waals surface area contributed by atoms with E-state index in [1.165, 1.54) is 16.2 Å². The molecule has 2 aromatic carbocycles. The van der Waals surface area contributed by atoms with Crippen molar-refractivity contribution in [3.8, 4) is 11.5 Å². The number of aromatic nitrogens is 1. The van der Waals surface area contributed by atoms with Crippen LogP contribution in [0.25, 0.3) is 0 Å². The molecule has 0 saturated carbocycles. The Bertz CT molecular complexity index is 1240. The standard InChI is InChI=1S/C26H27N3O5S/c1-3-4-11-27-26(32)19-16-35-24(28-19)13-29-20-12-18(9-10-23(20)34-15-25(29)31)21(30)14-33-22-8-6-5-7-17(22)2/h5-10,12,16H,3-4,11,13-15H2,1-2H3,(H,27,32). The molecule has 0 atom stereocenters. The largest absolute Gasteiger partial charge is 0.485 e. The second kappa shape index (κ2) is 11.1. The Labute approximate surface area is 207 Å². The van der Waals surface area contributed by atoms with Gasteiger partial charge >= 0.3 is 0 Å². The van der Waals surface area contributed by atoms with Crippen LogP contribution in [0.3, 0.4) is 0 Å². The number of benzene rings is 2. The highest BCUT2D eigenvalue weighted by molar-refractivity contribution is 7.09. The minimum Gasteiger partial charge on any atom is -0.485 e. The number of thiazole rings is 1. The van der Waals surface area contributed by atoms with E-state index in [9.17, 15) is 14.4 Å². The summed E-state index contributed by atoms with van der Waals surface area (Å²) in [7, 11) is 0. The first-order valence-electron chi connectivity index (χ1n) is 11.5. The van der Waals surface area contributed by atoms with Crippen molar-refractivity contribution in [1.82, 2.24) is 10.3 Å². The summed E-state index contributed by atoms with van der Waals surface area (Å²) in [5.74, 6) is 0.472. The number of aryl methyl sites for hydroxylation is 1. The van der Waals surface area contributed by atoms with Gasteiger partial charge < -0.3 is 14.8 Å². The maximum Gasteiger partial charge on any atom is 0.270 e. The van der Waals surface area contributed by atoms with Crippen LogP contribution in [0.2, 0.25) is 0 Å². The van der Waals surface area contributed by atoms with Crippen molar-refractivity contribution >= 4 is 34.6 Å². The van der Waals surface area contributed by atoms with Crippen LogP contribution in [0, 0.1) is 6.92 Å². The summed E-state index contributed by atoms with van der Waals surface area (Å²) in [6.07, 6.45) is 1.89. The van der Waals surface area contributed by atoms with Crippen molar-refractivity contribution in [2.75, 3.05) is 24.7 Å². The monoisotopic (exact) mass is 493 g/mol. The summed E-state index contributed by atoms with van der Waals surface area (Å²) in [6.45, 7) is 4.52. The lowest BCUT2D eigenvalue weighted by Gasteiger charge is -2.29. The summed E-state index contributed by atoms with van der Waals surface area (Å²) in [5, 5.41) is 5.15. The van der Waals surface area contributed by atoms with E-state index in [0.29, 0.717) is 40.0 Å². The van der Waals surface area contributed by atoms with E-state index in [-0.39, 0.29) is 37.4 Å². The SMILES string of the molecule is CCCCNC(=O)c1csc(CN2C(=O)COc3ccc(C(=O)COc4ccccc4C)cc32)n1. The molecule has 8 nitrogen and oxygen atoms in total. The van der Waals surface area contributed by atoms with Crippen molar-refractivity contribution in [1.29, 1.82) is 0 Å². The Morgan fingerprint density at radius 2 is 2.06 bits per heavy atom. The second-order valence-electron chi connectivity index (χ2n) is 8.16. The van der Waals surface area contributed by atoms with Crippen molar-refractivity contribution in [3.05, 3.63) is 69.7 Å². The Morgan fingerprint density at radius 3 is 2.86 bits per heavy atom. The van der Waals surface area contributed by atoms with Gasteiger partial charge in [0.05, 0.1) is 12.2 Å². The van der Waals surface area contributed by atoms with Gasteiger partial charge in [0.15, 0.2) is 19.0 Å². The molecule has 0 radical (unpaired) electrons. The van der Waals surface area contributed by atoms with Crippen LogP contribution in [0.1, 0.15) is 51.2 Å². The minimum absolute atomic E-state index is 0.105. The highest BCUT2D eigenvalue weighted by atomic mass is 32.1. The average molecular weight is 494 g/mol. The van der Waals surface area contributed by atoms with E-state index in [0.717, 1.165) is 18.4 Å². The smallest absolute Gasteiger partial charge is 0.270 e. The van der Waals surface area contributed by atoms with Crippen LogP contribution < -0.4 is 19.7 Å². The van der Waals surface area contributed by atoms with Gasteiger partial charge in [0.25, 0.3) is 11.8 Å². The number of amides is 2. The van der Waals surface area contributed by atoms with Crippen molar-refractivity contribution < 1.29 is 23.9 Å². The molecule has 4 rings (SSSR count). The molecular weight excluding hydrogens is 466 g/mol. The number of carbonyl (C=O) groups excluding carboxylic acids is 3. The molecule has 0 aliphatic carbocycles. The maximum absolute atomic E-state index is 12.8. The molecule has 0 saturated heterocycles. The molecule has 2 amide bonds. The average Bonchev–Trinajstić information content (AvgIpc) is 3.34. The second-order valence-corrected chi connectivity index (χ2v) is 9.11. The molecule has 2 heterocycles. The summed E-state index contributed by atoms with van der Waals surface area (Å²) in [6, 6.07) is 12.5. The molecule has 9 heteroatoms. The number of fused-ring (bicyclic) bond motifs is 1. The number of ketones is 1. The van der Waals surface area contributed by atoms with E-state index in [1.807, 2.05) is 31.2 Å². The zero-order valence-corrected chi connectivity index (χ0v) is 20.5. The Morgan fingerprint density at radius 1 is 1.23 bits per heavy atom. The number of unbranched alkanes of at least 4 members (excludes halogenated alkanes) is 1. The van der Waals surface area contributed by atoms with Gasteiger partial charge in [-0.1, -0.05) is 31.5 Å². The van der Waals surface area contributed by atoms with Gasteiger partial charge in [-0.05, 0) is 43.2 Å². The lowest BCUT2D eigenvalue weighted by Crippen LogP contribution is -2.38. The quantitative estimate of drug-likeness (QED) is 0.336. The molecule has 0 fully saturated rings. The third-order valence-electron chi connectivity index (χ3n) is 5.57. The first-order chi connectivity index (χ1) is 17.0. The van der Waals surface area contributed by atoms with E-state index >= 15 is 0 Å². The third kappa shape index (κ3) is 5.86. The number of anilines is 1. The molecule has 35 heavy (non-hydrogen) atoms. The number of rotatable bonds is 10. The van der Waals surface area contributed by atoms with Gasteiger partial charge in [0.2, 0.25) is 0 Å². The predicted octanol–water partition coefficient (Wildman–Crippen LogP) is 4.17. The number of ether oxygens (including phenoxy) is 2. The first-order valence-corrected chi connectivity index (χ1v) is 12.4. The highest BCUT2D eigenvalue weighted by Crippen LogP contribution is 2.34. The Hall–Kier alpha value is -3.72. The predicted molar refractivity (Wildman–Crippen MR) is 133 cm³/mol. The third-order valence-corrected chi connectivity index (χ3v) is 6.40. The number of nitrogens with one attached hydrogen (secondary N) is 1. The van der Waals surface area contributed by atoms with Crippen LogP contribution in [0.4, 0.5) is 5.69 Å². The van der Waals surface area contributed by atoms with E-state index in [1.54, 1.807) is 23.6 Å². The molecule has 1 aromatic heterocycles. The summed E-state index contributed by atoms with van der Waals surface area (Å²) in [5.41, 5.74) is 2.18. The molecule has 1 aliphatic heterocycles. The van der Waals surface area contributed by atoms with Crippen molar-refractivity contribution in [2.24, 2.45) is 0 Å². The van der Waals surface area contributed by atoms with Gasteiger partial charge in [0.1, 0.15) is 22.2 Å². The minimum atomic E-state index is -0.248. The van der Waals surface area contributed by atoms with E-state index in [4.69, 9.17) is 9.47 Å². The lowest BCUT2D eigenvalue weighted by atomic mass is 10.1. The number of para-hydroxylation sites is 1. The number of nitrogens with zero attached hydrogens (tertiary/aromatic N) is 2. The molecule has 1 N–H and O–H groups in total. The molecule has 1 aliphatic rings. The maximum atomic E-state index is 12.8. The van der Waals surface area contributed by atoms with Crippen LogP contribution in [-0.2, 0) is 11.3 Å². The van der Waals surface area contributed by atoms with Gasteiger partial charge in [-0.3, -0.25) is 19.3 Å². The fourth-order valence-electron chi connectivity index (χ4n) is 3.59. The topological polar surface area (TPSA) is 97.8 Å². The van der Waals surface area contributed by atoms with E-state index in [2.05, 4.69) is 17.2 Å². The number of Topliss-reactive ketones (excluding diaryl/α,β-unsaturated/α-hetero) is 1. The lowest BCUT2D eigenvalue weighted by molar-refractivity contribution is -0.121. The van der Waals surface area contributed by atoms with Crippen LogP contribution in [0.15, 0.2) is 47.8 Å². The fraction of sp³-hybridized carbons (Fsp3) is 0.308. The number of carbonyl (C=O) groups is 3. The van der Waals surface area contributed by atoms with Gasteiger partial charge in [0, 0.05) is 17.5 Å². The zero-order chi connectivity index (χ0) is 24.8. The van der Waals surface area contributed by atoms with Gasteiger partial charge in [-0.15, -0.1) is 11.3 Å². The summed E-state index contributed by atoms with van der Waals surface area (Å²) < 4.78 is 11.3. The summed E-state index contributed by atoms with van der Waals surface area (Å²) in [4.78, 5) is 43.7. The molecule has 182 valence electrons. The van der Waals surface area contributed by atoms with Gasteiger partial charge in [-0.2, -0.15) is 0 Å². The van der Waals surface area contributed by atoms with Crippen LogP contribution >= 0.6 is 11.3 Å². The number of hydrogen-bond donors (Lipinski definition) is 1. The van der Waals surface area contributed by atoms with Gasteiger partial charge in [-0.25, -0.2) is 4.98 Å².